The van der Waals surface area contributed by atoms with Crippen LogP contribution in [0, 0.1) is 6.92 Å². The Morgan fingerprint density at radius 3 is 2.90 bits per heavy atom. The monoisotopic (exact) mass is 290 g/mol. The van der Waals surface area contributed by atoms with Crippen molar-refractivity contribution in [1.82, 2.24) is 24.7 Å². The number of anilines is 1. The van der Waals surface area contributed by atoms with E-state index in [1.165, 1.54) is 4.68 Å². The molecule has 0 aromatic carbocycles. The Morgan fingerprint density at radius 2 is 2.20 bits per heavy atom. The topological polar surface area (TPSA) is 81.7 Å². The fourth-order valence-electron chi connectivity index (χ4n) is 1.65. The minimum Gasteiger partial charge on any atom is -0.465 e. The first kappa shape index (κ1) is 12.6. The minimum absolute atomic E-state index is 0.101. The Labute approximate surface area is 119 Å². The molecule has 0 amide bonds. The van der Waals surface area contributed by atoms with Gasteiger partial charge in [0.05, 0.1) is 6.54 Å². The first-order valence-electron chi connectivity index (χ1n) is 5.91. The normalized spacial score (nSPS) is 10.7. The lowest BCUT2D eigenvalue weighted by atomic mass is 10.4. The standard InChI is InChI=1S/C12H11ClN6O/c1-8-3-4-9(20-8)7-14-11-16-10(13)17-12(18-11)19-6-2-5-15-19/h2-6H,7H2,1H3,(H,14,16,17,18). The Hall–Kier alpha value is -2.41. The third kappa shape index (κ3) is 2.77. The number of aromatic nitrogens is 5. The second-order valence-electron chi connectivity index (χ2n) is 4.04. The van der Waals surface area contributed by atoms with Gasteiger partial charge in [-0.2, -0.15) is 20.1 Å². The van der Waals surface area contributed by atoms with Gasteiger partial charge < -0.3 is 9.73 Å². The molecule has 3 aromatic rings. The largest absolute Gasteiger partial charge is 0.465 e. The molecule has 0 radical (unpaired) electrons. The van der Waals surface area contributed by atoms with Gasteiger partial charge in [-0.3, -0.25) is 0 Å². The molecule has 0 saturated heterocycles. The van der Waals surface area contributed by atoms with Gasteiger partial charge in [-0.1, -0.05) is 0 Å². The van der Waals surface area contributed by atoms with Gasteiger partial charge in [-0.05, 0) is 36.7 Å². The van der Waals surface area contributed by atoms with Crippen molar-refractivity contribution < 1.29 is 4.42 Å². The van der Waals surface area contributed by atoms with Crippen LogP contribution < -0.4 is 5.32 Å². The molecular formula is C12H11ClN6O. The molecule has 0 aliphatic heterocycles. The maximum atomic E-state index is 5.89. The van der Waals surface area contributed by atoms with Gasteiger partial charge in [0.15, 0.2) is 0 Å². The molecule has 1 N–H and O–H groups in total. The molecule has 0 aliphatic carbocycles. The molecule has 102 valence electrons. The van der Waals surface area contributed by atoms with Crippen molar-refractivity contribution >= 4 is 17.5 Å². The molecule has 0 aliphatic rings. The van der Waals surface area contributed by atoms with Gasteiger partial charge in [0.2, 0.25) is 11.2 Å². The predicted octanol–water partition coefficient (Wildman–Crippen LogP) is 2.22. The summed E-state index contributed by atoms with van der Waals surface area (Å²) < 4.78 is 6.96. The quantitative estimate of drug-likeness (QED) is 0.793. The minimum atomic E-state index is 0.101. The van der Waals surface area contributed by atoms with E-state index in [9.17, 15) is 0 Å². The molecule has 3 aromatic heterocycles. The van der Waals surface area contributed by atoms with Crippen LogP contribution >= 0.6 is 11.6 Å². The fourth-order valence-corrected chi connectivity index (χ4v) is 1.81. The SMILES string of the molecule is Cc1ccc(CNc2nc(Cl)nc(-n3cccn3)n2)o1. The van der Waals surface area contributed by atoms with Crippen molar-refractivity contribution in [3.05, 3.63) is 47.4 Å². The summed E-state index contributed by atoms with van der Waals surface area (Å²) in [6.45, 7) is 2.35. The van der Waals surface area contributed by atoms with Crippen LogP contribution in [-0.4, -0.2) is 24.7 Å². The number of furan rings is 1. The zero-order valence-electron chi connectivity index (χ0n) is 10.6. The third-order valence-corrected chi connectivity index (χ3v) is 2.69. The molecule has 7 nitrogen and oxygen atoms in total. The Balaban J connectivity index is 1.79. The number of hydrogen-bond donors (Lipinski definition) is 1. The molecule has 0 fully saturated rings. The van der Waals surface area contributed by atoms with Crippen LogP contribution in [0.3, 0.4) is 0 Å². The third-order valence-electron chi connectivity index (χ3n) is 2.52. The van der Waals surface area contributed by atoms with E-state index in [1.54, 1.807) is 18.5 Å². The van der Waals surface area contributed by atoms with Crippen LogP contribution in [-0.2, 0) is 6.54 Å². The van der Waals surface area contributed by atoms with Crippen molar-refractivity contribution in [2.45, 2.75) is 13.5 Å². The number of hydrogen-bond acceptors (Lipinski definition) is 6. The van der Waals surface area contributed by atoms with Crippen molar-refractivity contribution in [2.24, 2.45) is 0 Å². The van der Waals surface area contributed by atoms with Gasteiger partial charge in [-0.15, -0.1) is 0 Å². The Kier molecular flexibility index (Phi) is 3.34. The molecule has 8 heteroatoms. The second kappa shape index (κ2) is 5.30. The van der Waals surface area contributed by atoms with E-state index in [2.05, 4.69) is 25.4 Å². The van der Waals surface area contributed by atoms with Crippen LogP contribution in [0.15, 0.2) is 35.0 Å². The molecule has 0 bridgehead atoms. The summed E-state index contributed by atoms with van der Waals surface area (Å²) in [6, 6.07) is 5.56. The molecule has 3 heterocycles. The average Bonchev–Trinajstić information content (AvgIpc) is 3.07. The van der Waals surface area contributed by atoms with E-state index in [-0.39, 0.29) is 5.28 Å². The molecule has 0 unspecified atom stereocenters. The van der Waals surface area contributed by atoms with Crippen LogP contribution in [0.5, 0.6) is 0 Å². The molecule has 20 heavy (non-hydrogen) atoms. The van der Waals surface area contributed by atoms with Crippen LogP contribution in [0.4, 0.5) is 5.95 Å². The number of nitrogens with zero attached hydrogens (tertiary/aromatic N) is 5. The van der Waals surface area contributed by atoms with E-state index >= 15 is 0 Å². The number of nitrogens with one attached hydrogen (secondary N) is 1. The van der Waals surface area contributed by atoms with Crippen LogP contribution in [0.2, 0.25) is 5.28 Å². The fraction of sp³-hybridized carbons (Fsp3) is 0.167. The highest BCUT2D eigenvalue weighted by molar-refractivity contribution is 6.28. The summed E-state index contributed by atoms with van der Waals surface area (Å²) in [5.74, 6) is 2.37. The second-order valence-corrected chi connectivity index (χ2v) is 4.38. The maximum Gasteiger partial charge on any atom is 0.256 e. The van der Waals surface area contributed by atoms with E-state index in [1.807, 2.05) is 19.1 Å². The summed E-state index contributed by atoms with van der Waals surface area (Å²) in [4.78, 5) is 12.3. The summed E-state index contributed by atoms with van der Waals surface area (Å²) in [7, 11) is 0. The zero-order valence-corrected chi connectivity index (χ0v) is 11.4. The van der Waals surface area contributed by atoms with Gasteiger partial charge in [0.1, 0.15) is 11.5 Å². The van der Waals surface area contributed by atoms with Crippen molar-refractivity contribution in [3.8, 4) is 5.95 Å². The van der Waals surface area contributed by atoms with Crippen LogP contribution in [0.25, 0.3) is 5.95 Å². The zero-order chi connectivity index (χ0) is 13.9. The van der Waals surface area contributed by atoms with Gasteiger partial charge in [-0.25, -0.2) is 4.68 Å². The lowest BCUT2D eigenvalue weighted by Crippen LogP contribution is -2.09. The average molecular weight is 291 g/mol. The highest BCUT2D eigenvalue weighted by Crippen LogP contribution is 2.11. The predicted molar refractivity (Wildman–Crippen MR) is 72.7 cm³/mol. The lowest BCUT2D eigenvalue weighted by Gasteiger charge is -2.05. The highest BCUT2D eigenvalue weighted by Gasteiger charge is 2.07. The summed E-state index contributed by atoms with van der Waals surface area (Å²) >= 11 is 5.89. The number of rotatable bonds is 4. The molecule has 0 saturated carbocycles. The van der Waals surface area contributed by atoms with Gasteiger partial charge >= 0.3 is 0 Å². The molecule has 0 atom stereocenters. The van der Waals surface area contributed by atoms with E-state index in [4.69, 9.17) is 16.0 Å². The molecular weight excluding hydrogens is 280 g/mol. The first-order valence-corrected chi connectivity index (χ1v) is 6.29. The smallest absolute Gasteiger partial charge is 0.256 e. The molecule has 0 spiro atoms. The number of aryl methyl sites for hydroxylation is 1. The first-order chi connectivity index (χ1) is 9.70. The van der Waals surface area contributed by atoms with E-state index in [0.717, 1.165) is 11.5 Å². The summed E-state index contributed by atoms with van der Waals surface area (Å²) in [5.41, 5.74) is 0. The maximum absolute atomic E-state index is 5.89. The van der Waals surface area contributed by atoms with Crippen LogP contribution in [0.1, 0.15) is 11.5 Å². The lowest BCUT2D eigenvalue weighted by molar-refractivity contribution is 0.490. The van der Waals surface area contributed by atoms with Gasteiger partial charge in [0.25, 0.3) is 5.95 Å². The van der Waals surface area contributed by atoms with E-state index in [0.29, 0.717) is 18.4 Å². The van der Waals surface area contributed by atoms with Crippen molar-refractivity contribution in [3.63, 3.8) is 0 Å². The summed E-state index contributed by atoms with van der Waals surface area (Å²) in [5, 5.41) is 7.19. The van der Waals surface area contributed by atoms with Gasteiger partial charge in [0, 0.05) is 12.4 Å². The van der Waals surface area contributed by atoms with Crippen molar-refractivity contribution in [1.29, 1.82) is 0 Å². The highest BCUT2D eigenvalue weighted by atomic mass is 35.5. The molecule has 3 rings (SSSR count). The number of halogens is 1. The Bertz CT molecular complexity index is 709. The summed E-state index contributed by atoms with van der Waals surface area (Å²) in [6.07, 6.45) is 3.36. The van der Waals surface area contributed by atoms with E-state index < -0.39 is 0 Å². The Morgan fingerprint density at radius 1 is 1.30 bits per heavy atom. The van der Waals surface area contributed by atoms with Crippen molar-refractivity contribution in [2.75, 3.05) is 5.32 Å².